The van der Waals surface area contributed by atoms with E-state index in [0.717, 1.165) is 12.2 Å². The van der Waals surface area contributed by atoms with Crippen LogP contribution < -0.4 is 10.6 Å². The topological polar surface area (TPSA) is 144 Å². The van der Waals surface area contributed by atoms with Crippen molar-refractivity contribution >= 4 is 29.8 Å². The fraction of sp³-hybridized carbons (Fsp3) is 0.875. The first-order chi connectivity index (χ1) is 18.5. The molecule has 2 atom stereocenters. The van der Waals surface area contributed by atoms with Crippen LogP contribution in [0.15, 0.2) is 5.16 Å². The van der Waals surface area contributed by atoms with Gasteiger partial charge >= 0.3 is 0 Å². The first-order valence-electron chi connectivity index (χ1n) is 12.5. The van der Waals surface area contributed by atoms with Crippen LogP contribution in [-0.2, 0) is 47.6 Å². The highest BCUT2D eigenvalue weighted by molar-refractivity contribution is 7.99. The van der Waals surface area contributed by atoms with E-state index in [1.54, 1.807) is 40.2 Å². The van der Waals surface area contributed by atoms with Gasteiger partial charge in [0, 0.05) is 54.1 Å². The van der Waals surface area contributed by atoms with Gasteiger partial charge in [-0.05, 0) is 12.2 Å². The molecule has 0 saturated carbocycles. The summed E-state index contributed by atoms with van der Waals surface area (Å²) in [6, 6.07) is 0. The summed E-state index contributed by atoms with van der Waals surface area (Å²) >= 11 is 1.67. The molecule has 0 aliphatic carbocycles. The number of thioether (sulfide) groups is 1. The third kappa shape index (κ3) is 23.6. The van der Waals surface area contributed by atoms with Gasteiger partial charge in [0.2, 0.25) is 11.8 Å². The predicted molar refractivity (Wildman–Crippen MR) is 145 cm³/mol. The smallest absolute Gasteiger partial charge is 0.223 e. The predicted octanol–water partition coefficient (Wildman–Crippen LogP) is 0.453. The van der Waals surface area contributed by atoms with Gasteiger partial charge in [-0.25, -0.2) is 0 Å². The molecule has 0 aromatic carbocycles. The van der Waals surface area contributed by atoms with Crippen molar-refractivity contribution in [2.45, 2.75) is 38.1 Å². The molecule has 0 aromatic rings. The minimum Gasteiger partial charge on any atom is -0.382 e. The minimum absolute atomic E-state index is 0.0212. The molecule has 2 unspecified atom stereocenters. The summed E-state index contributed by atoms with van der Waals surface area (Å²) in [5.41, 5.74) is 0. The van der Waals surface area contributed by atoms with Gasteiger partial charge in [-0.1, -0.05) is 5.16 Å². The molecule has 2 N–H and O–H groups in total. The third-order valence-electron chi connectivity index (χ3n) is 4.77. The van der Waals surface area contributed by atoms with E-state index in [4.69, 9.17) is 38.0 Å². The number of oxime groups is 1. The average molecular weight is 570 g/mol. The Hall–Kier alpha value is -1.52. The minimum atomic E-state index is -0.244. The largest absolute Gasteiger partial charge is 0.382 e. The molecule has 0 fully saturated rings. The molecule has 0 aliphatic heterocycles. The van der Waals surface area contributed by atoms with E-state index >= 15 is 0 Å². The summed E-state index contributed by atoms with van der Waals surface area (Å²) in [6.45, 7) is 4.59. The summed E-state index contributed by atoms with van der Waals surface area (Å²) in [5.74, 6) is 1.26. The fourth-order valence-corrected chi connectivity index (χ4v) is 3.60. The molecule has 0 heterocycles. The average Bonchev–Trinajstić information content (AvgIpc) is 2.90. The van der Waals surface area contributed by atoms with Gasteiger partial charge < -0.3 is 48.6 Å². The number of hydrogen-bond donors (Lipinski definition) is 2. The maximum atomic E-state index is 11.8. The van der Waals surface area contributed by atoms with Crippen LogP contribution in [0.3, 0.4) is 0 Å². The van der Waals surface area contributed by atoms with Crippen LogP contribution in [0.1, 0.15) is 19.8 Å². The van der Waals surface area contributed by atoms with Crippen molar-refractivity contribution in [3.05, 3.63) is 0 Å². The lowest BCUT2D eigenvalue weighted by atomic mass is 10.3. The van der Waals surface area contributed by atoms with Gasteiger partial charge in [-0.2, -0.15) is 11.8 Å². The Morgan fingerprint density at radius 3 is 2.00 bits per heavy atom. The van der Waals surface area contributed by atoms with E-state index < -0.39 is 0 Å². The van der Waals surface area contributed by atoms with Crippen LogP contribution in [0, 0.1) is 0 Å². The number of nitrogens with zero attached hydrogens (tertiary/aromatic N) is 1. The SMILES string of the molecule is COCC(COCC(COCC(COC)OC)OCCCSCCC(=O)NCO/N=C/CNC(C)=O)OC. The van der Waals surface area contributed by atoms with Gasteiger partial charge in [-0.15, -0.1) is 0 Å². The number of nitrogens with one attached hydrogen (secondary N) is 2. The van der Waals surface area contributed by atoms with Crippen LogP contribution in [0.25, 0.3) is 0 Å². The van der Waals surface area contributed by atoms with Gasteiger partial charge in [0.15, 0.2) is 6.73 Å². The summed E-state index contributed by atoms with van der Waals surface area (Å²) in [6.07, 6.45) is 2.06. The molecule has 224 valence electrons. The summed E-state index contributed by atoms with van der Waals surface area (Å²) in [4.78, 5) is 27.4. The molecule has 0 aliphatic rings. The normalized spacial score (nSPS) is 13.8. The van der Waals surface area contributed by atoms with Gasteiger partial charge in [-0.3, -0.25) is 9.59 Å². The van der Waals surface area contributed by atoms with Crippen LogP contribution in [0.5, 0.6) is 0 Å². The van der Waals surface area contributed by atoms with E-state index in [2.05, 4.69) is 15.8 Å². The van der Waals surface area contributed by atoms with Crippen molar-refractivity contribution in [3.8, 4) is 0 Å². The number of amides is 2. The van der Waals surface area contributed by atoms with E-state index in [9.17, 15) is 9.59 Å². The molecule has 2 amide bonds. The Morgan fingerprint density at radius 2 is 1.45 bits per heavy atom. The van der Waals surface area contributed by atoms with E-state index in [0.29, 0.717) is 58.4 Å². The molecule has 0 bridgehead atoms. The summed E-state index contributed by atoms with van der Waals surface area (Å²) in [5, 5.41) is 8.78. The highest BCUT2D eigenvalue weighted by Gasteiger charge is 2.15. The molecule has 14 heteroatoms. The van der Waals surface area contributed by atoms with E-state index in [1.807, 2.05) is 0 Å². The van der Waals surface area contributed by atoms with Crippen LogP contribution in [-0.4, -0.2) is 136 Å². The second-order valence-electron chi connectivity index (χ2n) is 8.01. The van der Waals surface area contributed by atoms with Crippen LogP contribution in [0.2, 0.25) is 0 Å². The van der Waals surface area contributed by atoms with Crippen molar-refractivity contribution in [1.29, 1.82) is 0 Å². The Balaban J connectivity index is 4.09. The van der Waals surface area contributed by atoms with Crippen molar-refractivity contribution in [3.63, 3.8) is 0 Å². The number of carbonyl (C=O) groups excluding carboxylic acids is 2. The van der Waals surface area contributed by atoms with Gasteiger partial charge in [0.05, 0.1) is 52.4 Å². The van der Waals surface area contributed by atoms with Crippen LogP contribution in [0.4, 0.5) is 0 Å². The van der Waals surface area contributed by atoms with Crippen LogP contribution >= 0.6 is 11.8 Å². The Bertz CT molecular complexity index is 584. The van der Waals surface area contributed by atoms with Crippen molar-refractivity contribution in [2.75, 3.05) is 99.5 Å². The Labute approximate surface area is 230 Å². The second kappa shape index (κ2) is 27.1. The lowest BCUT2D eigenvalue weighted by Gasteiger charge is -2.21. The lowest BCUT2D eigenvalue weighted by molar-refractivity contribution is -0.122. The number of hydrogen-bond acceptors (Lipinski definition) is 12. The molecule has 0 aromatic heterocycles. The molecule has 0 rings (SSSR count). The molecular formula is C24H47N3O10S. The van der Waals surface area contributed by atoms with Gasteiger partial charge in [0.1, 0.15) is 18.3 Å². The molecule has 0 spiro atoms. The molecule has 38 heavy (non-hydrogen) atoms. The number of carbonyl (C=O) groups is 2. The monoisotopic (exact) mass is 569 g/mol. The zero-order chi connectivity index (χ0) is 28.3. The molecule has 0 radical (unpaired) electrons. The second-order valence-corrected chi connectivity index (χ2v) is 9.23. The van der Waals surface area contributed by atoms with Crippen molar-refractivity contribution in [1.82, 2.24) is 10.6 Å². The first-order valence-corrected chi connectivity index (χ1v) is 13.6. The molecule has 13 nitrogen and oxygen atoms in total. The maximum absolute atomic E-state index is 11.8. The van der Waals surface area contributed by atoms with Crippen molar-refractivity contribution < 1.29 is 47.6 Å². The molecular weight excluding hydrogens is 522 g/mol. The molecule has 0 saturated heterocycles. The zero-order valence-electron chi connectivity index (χ0n) is 23.4. The quantitative estimate of drug-likeness (QED) is 0.0616. The Kier molecular flexibility index (Phi) is 26.0. The van der Waals surface area contributed by atoms with Gasteiger partial charge in [0.25, 0.3) is 0 Å². The number of rotatable bonds is 27. The highest BCUT2D eigenvalue weighted by atomic mass is 32.2. The summed E-state index contributed by atoms with van der Waals surface area (Å²) in [7, 11) is 6.47. The van der Waals surface area contributed by atoms with Crippen molar-refractivity contribution in [2.24, 2.45) is 5.16 Å². The Morgan fingerprint density at radius 1 is 0.842 bits per heavy atom. The lowest BCUT2D eigenvalue weighted by Crippen LogP contribution is -2.32. The zero-order valence-corrected chi connectivity index (χ0v) is 24.3. The number of ether oxygens (including phenoxy) is 7. The standard InChI is InChI=1S/C24H47N3O10S/c1-20(28)25-8-9-27-37-19-26-24(29)7-12-38-11-6-10-36-23(17-34-15-21(32-4)13-30-2)18-35-16-22(33-5)14-31-3/h9,21-23H,6-8,10-19H2,1-5H3,(H,25,28)(H,26,29)/b27-9+. The maximum Gasteiger partial charge on any atom is 0.223 e. The first kappa shape index (κ1) is 36.5. The number of methoxy groups -OCH3 is 4. The van der Waals surface area contributed by atoms with E-state index in [1.165, 1.54) is 13.1 Å². The highest BCUT2D eigenvalue weighted by Crippen LogP contribution is 2.07. The third-order valence-corrected chi connectivity index (χ3v) is 5.84. The van der Waals surface area contributed by atoms with E-state index in [-0.39, 0.29) is 43.4 Å². The summed E-state index contributed by atoms with van der Waals surface area (Å²) < 4.78 is 38.4. The fourth-order valence-electron chi connectivity index (χ4n) is 2.74.